The normalized spacial score (nSPS) is 15.1. The van der Waals surface area contributed by atoms with Crippen molar-refractivity contribution in [2.45, 2.75) is 13.8 Å². The summed E-state index contributed by atoms with van der Waals surface area (Å²) in [5.41, 5.74) is 2.42. The predicted molar refractivity (Wildman–Crippen MR) is 111 cm³/mol. The summed E-state index contributed by atoms with van der Waals surface area (Å²) >= 11 is 0. The SMILES string of the molecule is COc1cc(C=C2C(=O)NC(=O)N(c3ccc(C)c(C)c3)C2=O)ccc1OCC(=O)O. The van der Waals surface area contributed by atoms with Crippen LogP contribution in [-0.4, -0.2) is 42.6 Å². The summed E-state index contributed by atoms with van der Waals surface area (Å²) < 4.78 is 10.3. The molecule has 160 valence electrons. The monoisotopic (exact) mass is 424 g/mol. The number of urea groups is 1. The third-order valence-corrected chi connectivity index (χ3v) is 4.70. The largest absolute Gasteiger partial charge is 0.493 e. The van der Waals surface area contributed by atoms with E-state index in [1.165, 1.54) is 31.4 Å². The summed E-state index contributed by atoms with van der Waals surface area (Å²) in [5.74, 6) is -2.31. The van der Waals surface area contributed by atoms with Crippen LogP contribution in [0.15, 0.2) is 42.0 Å². The van der Waals surface area contributed by atoms with E-state index in [0.29, 0.717) is 11.3 Å². The fraction of sp³-hybridized carbons (Fsp3) is 0.182. The van der Waals surface area contributed by atoms with Crippen molar-refractivity contribution in [2.75, 3.05) is 18.6 Å². The highest BCUT2D eigenvalue weighted by atomic mass is 16.5. The minimum Gasteiger partial charge on any atom is -0.493 e. The van der Waals surface area contributed by atoms with Crippen LogP contribution < -0.4 is 19.7 Å². The number of nitrogens with zero attached hydrogens (tertiary/aromatic N) is 1. The van der Waals surface area contributed by atoms with Gasteiger partial charge in [0.1, 0.15) is 5.57 Å². The summed E-state index contributed by atoms with van der Waals surface area (Å²) in [6.07, 6.45) is 1.32. The number of benzene rings is 2. The van der Waals surface area contributed by atoms with Gasteiger partial charge in [-0.1, -0.05) is 12.1 Å². The molecule has 0 bridgehead atoms. The van der Waals surface area contributed by atoms with Gasteiger partial charge < -0.3 is 14.6 Å². The van der Waals surface area contributed by atoms with E-state index < -0.39 is 30.4 Å². The predicted octanol–water partition coefficient (Wildman–Crippen LogP) is 2.44. The van der Waals surface area contributed by atoms with E-state index in [2.05, 4.69) is 5.32 Å². The van der Waals surface area contributed by atoms with E-state index >= 15 is 0 Å². The Labute approximate surface area is 177 Å². The van der Waals surface area contributed by atoms with Gasteiger partial charge in [-0.2, -0.15) is 0 Å². The van der Waals surface area contributed by atoms with Crippen molar-refractivity contribution in [3.8, 4) is 11.5 Å². The zero-order valence-electron chi connectivity index (χ0n) is 17.1. The summed E-state index contributed by atoms with van der Waals surface area (Å²) in [5, 5.41) is 10.9. The van der Waals surface area contributed by atoms with Crippen molar-refractivity contribution in [3.05, 3.63) is 58.7 Å². The molecular formula is C22H20N2O7. The lowest BCUT2D eigenvalue weighted by atomic mass is 10.0. The number of imide groups is 2. The van der Waals surface area contributed by atoms with Gasteiger partial charge in [0.15, 0.2) is 18.1 Å². The Morgan fingerprint density at radius 2 is 1.81 bits per heavy atom. The number of carbonyl (C=O) groups is 4. The van der Waals surface area contributed by atoms with E-state index in [1.807, 2.05) is 13.8 Å². The molecule has 4 amide bonds. The maximum atomic E-state index is 13.0. The second kappa shape index (κ2) is 8.70. The number of carboxylic acid groups (broad SMARTS) is 1. The van der Waals surface area contributed by atoms with E-state index in [4.69, 9.17) is 14.6 Å². The Hall–Kier alpha value is -4.14. The number of carbonyl (C=O) groups excluding carboxylic acids is 3. The number of hydrogen-bond donors (Lipinski definition) is 2. The molecule has 1 aliphatic rings. The topological polar surface area (TPSA) is 122 Å². The van der Waals surface area contributed by atoms with Crippen LogP contribution in [0.25, 0.3) is 6.08 Å². The quantitative estimate of drug-likeness (QED) is 0.539. The first kappa shape index (κ1) is 21.6. The van der Waals surface area contributed by atoms with Crippen molar-refractivity contribution in [1.82, 2.24) is 5.32 Å². The highest BCUT2D eigenvalue weighted by Crippen LogP contribution is 2.30. The molecular weight excluding hydrogens is 404 g/mol. The van der Waals surface area contributed by atoms with Gasteiger partial charge in [0.25, 0.3) is 11.8 Å². The molecule has 1 fully saturated rings. The molecule has 1 heterocycles. The van der Waals surface area contributed by atoms with E-state index in [9.17, 15) is 19.2 Å². The Bertz CT molecular complexity index is 1120. The lowest BCUT2D eigenvalue weighted by Gasteiger charge is -2.26. The molecule has 0 radical (unpaired) electrons. The number of hydrogen-bond acceptors (Lipinski definition) is 6. The smallest absolute Gasteiger partial charge is 0.341 e. The molecule has 0 aromatic heterocycles. The van der Waals surface area contributed by atoms with Gasteiger partial charge in [-0.3, -0.25) is 14.9 Å². The van der Waals surface area contributed by atoms with Gasteiger partial charge >= 0.3 is 12.0 Å². The summed E-state index contributed by atoms with van der Waals surface area (Å²) in [4.78, 5) is 49.3. The molecule has 0 saturated carbocycles. The van der Waals surface area contributed by atoms with Gasteiger partial charge in [0.05, 0.1) is 12.8 Å². The molecule has 31 heavy (non-hydrogen) atoms. The Balaban J connectivity index is 1.96. The zero-order chi connectivity index (χ0) is 22.7. The minimum atomic E-state index is -1.14. The lowest BCUT2D eigenvalue weighted by Crippen LogP contribution is -2.54. The number of aryl methyl sites for hydroxylation is 2. The highest BCUT2D eigenvalue weighted by molar-refractivity contribution is 6.39. The fourth-order valence-electron chi connectivity index (χ4n) is 2.96. The third-order valence-electron chi connectivity index (χ3n) is 4.70. The minimum absolute atomic E-state index is 0.193. The number of barbiturate groups is 1. The maximum absolute atomic E-state index is 13.0. The average Bonchev–Trinajstić information content (AvgIpc) is 2.72. The number of methoxy groups -OCH3 is 1. The fourth-order valence-corrected chi connectivity index (χ4v) is 2.96. The first-order chi connectivity index (χ1) is 14.7. The van der Waals surface area contributed by atoms with Crippen LogP contribution in [0.1, 0.15) is 16.7 Å². The lowest BCUT2D eigenvalue weighted by molar-refractivity contribution is -0.139. The molecule has 0 spiro atoms. The molecule has 9 nitrogen and oxygen atoms in total. The average molecular weight is 424 g/mol. The van der Waals surface area contributed by atoms with Crippen molar-refractivity contribution in [3.63, 3.8) is 0 Å². The Morgan fingerprint density at radius 1 is 1.06 bits per heavy atom. The summed E-state index contributed by atoms with van der Waals surface area (Å²) in [6.45, 7) is 3.21. The first-order valence-corrected chi connectivity index (χ1v) is 9.22. The molecule has 0 aliphatic carbocycles. The van der Waals surface area contributed by atoms with E-state index in [-0.39, 0.29) is 17.1 Å². The number of aliphatic carboxylic acids is 1. The van der Waals surface area contributed by atoms with Gasteiger partial charge in [0.2, 0.25) is 0 Å². The zero-order valence-corrected chi connectivity index (χ0v) is 17.1. The van der Waals surface area contributed by atoms with Crippen LogP contribution in [0.2, 0.25) is 0 Å². The Morgan fingerprint density at radius 3 is 2.45 bits per heavy atom. The molecule has 2 aromatic carbocycles. The number of nitrogens with one attached hydrogen (secondary N) is 1. The molecule has 0 atom stereocenters. The van der Waals surface area contributed by atoms with E-state index in [1.54, 1.807) is 18.2 Å². The molecule has 2 aromatic rings. The summed E-state index contributed by atoms with van der Waals surface area (Å²) in [6, 6.07) is 8.76. The number of carboxylic acids is 1. The van der Waals surface area contributed by atoms with Crippen LogP contribution >= 0.6 is 0 Å². The van der Waals surface area contributed by atoms with Crippen LogP contribution in [0, 0.1) is 13.8 Å². The standard InChI is InChI=1S/C22H20N2O7/c1-12-4-6-15(8-13(12)2)24-21(28)16(20(27)23-22(24)29)9-14-5-7-17(18(10-14)30-3)31-11-19(25)26/h4-10H,11H2,1-3H3,(H,25,26)(H,23,27,29). The first-order valence-electron chi connectivity index (χ1n) is 9.22. The van der Waals surface area contributed by atoms with Gasteiger partial charge in [-0.15, -0.1) is 0 Å². The maximum Gasteiger partial charge on any atom is 0.341 e. The van der Waals surface area contributed by atoms with Gasteiger partial charge in [0, 0.05) is 0 Å². The molecule has 1 saturated heterocycles. The number of amides is 4. The molecule has 2 N–H and O–H groups in total. The molecule has 9 heteroatoms. The second-order valence-corrected chi connectivity index (χ2v) is 6.82. The highest BCUT2D eigenvalue weighted by Gasteiger charge is 2.36. The molecule has 0 unspecified atom stereocenters. The van der Waals surface area contributed by atoms with Crippen molar-refractivity contribution < 1.29 is 33.8 Å². The molecule has 1 aliphatic heterocycles. The second-order valence-electron chi connectivity index (χ2n) is 6.82. The molecule has 3 rings (SSSR count). The van der Waals surface area contributed by atoms with Crippen LogP contribution in [0.4, 0.5) is 10.5 Å². The van der Waals surface area contributed by atoms with Crippen molar-refractivity contribution >= 4 is 35.6 Å². The van der Waals surface area contributed by atoms with Crippen molar-refractivity contribution in [1.29, 1.82) is 0 Å². The van der Waals surface area contributed by atoms with Crippen LogP contribution in [0.3, 0.4) is 0 Å². The van der Waals surface area contributed by atoms with Crippen LogP contribution in [0.5, 0.6) is 11.5 Å². The number of rotatable bonds is 6. The number of anilines is 1. The number of ether oxygens (including phenoxy) is 2. The van der Waals surface area contributed by atoms with Gasteiger partial charge in [-0.25, -0.2) is 14.5 Å². The van der Waals surface area contributed by atoms with Crippen LogP contribution in [-0.2, 0) is 14.4 Å². The third kappa shape index (κ3) is 4.55. The van der Waals surface area contributed by atoms with Gasteiger partial charge in [-0.05, 0) is 60.9 Å². The summed E-state index contributed by atoms with van der Waals surface area (Å²) in [7, 11) is 1.37. The van der Waals surface area contributed by atoms with Crippen molar-refractivity contribution in [2.24, 2.45) is 0 Å². The van der Waals surface area contributed by atoms with E-state index in [0.717, 1.165) is 16.0 Å². The Kier molecular flexibility index (Phi) is 6.05.